The summed E-state index contributed by atoms with van der Waals surface area (Å²) in [6.45, 7) is 0.330. The lowest BCUT2D eigenvalue weighted by Crippen LogP contribution is -2.39. The number of hydrogen-bond donors (Lipinski definition) is 1. The molecule has 1 atom stereocenters. The Morgan fingerprint density at radius 3 is 2.60 bits per heavy atom. The van der Waals surface area contributed by atoms with Crippen molar-refractivity contribution in [1.29, 1.82) is 0 Å². The maximum Gasteiger partial charge on any atom is 0.322 e. The molecule has 1 aliphatic carbocycles. The van der Waals surface area contributed by atoms with Crippen LogP contribution in [0.1, 0.15) is 35.6 Å². The molecule has 0 spiro atoms. The SMILES string of the molecule is O=C(Nc1ccccc1F)N(Cc1ccc(Cl)c(Cl)c1)C1CCCc2ccccc21. The molecule has 1 aliphatic rings. The van der Waals surface area contributed by atoms with E-state index in [9.17, 15) is 9.18 Å². The van der Waals surface area contributed by atoms with Crippen LogP contribution in [0.25, 0.3) is 0 Å². The van der Waals surface area contributed by atoms with E-state index in [4.69, 9.17) is 23.2 Å². The third-order valence-electron chi connectivity index (χ3n) is 5.43. The minimum atomic E-state index is -0.468. The van der Waals surface area contributed by atoms with E-state index in [0.717, 1.165) is 30.4 Å². The van der Waals surface area contributed by atoms with Gasteiger partial charge in [-0.3, -0.25) is 0 Å². The van der Waals surface area contributed by atoms with Gasteiger partial charge in [-0.05, 0) is 60.2 Å². The van der Waals surface area contributed by atoms with Crippen LogP contribution in [-0.4, -0.2) is 10.9 Å². The van der Waals surface area contributed by atoms with E-state index in [1.807, 2.05) is 18.2 Å². The van der Waals surface area contributed by atoms with Crippen molar-refractivity contribution in [1.82, 2.24) is 4.90 Å². The first-order valence-corrected chi connectivity index (χ1v) is 10.6. The highest BCUT2D eigenvalue weighted by Crippen LogP contribution is 2.36. The first kappa shape index (κ1) is 20.7. The zero-order valence-corrected chi connectivity index (χ0v) is 17.8. The molecule has 0 heterocycles. The van der Waals surface area contributed by atoms with Crippen molar-refractivity contribution < 1.29 is 9.18 Å². The fourth-order valence-electron chi connectivity index (χ4n) is 3.96. The number of carbonyl (C=O) groups is 1. The number of para-hydroxylation sites is 1. The number of hydrogen-bond acceptors (Lipinski definition) is 1. The minimum Gasteiger partial charge on any atom is -0.313 e. The molecule has 154 valence electrons. The molecule has 0 fully saturated rings. The summed E-state index contributed by atoms with van der Waals surface area (Å²) in [7, 11) is 0. The Hall–Kier alpha value is -2.56. The van der Waals surface area contributed by atoms with Crippen molar-refractivity contribution in [2.45, 2.75) is 31.8 Å². The minimum absolute atomic E-state index is 0.115. The number of halogens is 3. The molecule has 30 heavy (non-hydrogen) atoms. The van der Waals surface area contributed by atoms with Crippen molar-refractivity contribution in [3.8, 4) is 0 Å². The second kappa shape index (κ2) is 9.07. The Kier molecular flexibility index (Phi) is 6.26. The molecule has 1 unspecified atom stereocenters. The molecular formula is C24H21Cl2FN2O. The van der Waals surface area contributed by atoms with Crippen molar-refractivity contribution in [2.75, 3.05) is 5.32 Å². The molecular weight excluding hydrogens is 422 g/mol. The summed E-state index contributed by atoms with van der Waals surface area (Å²) in [5, 5.41) is 3.64. The molecule has 0 aliphatic heterocycles. The van der Waals surface area contributed by atoms with Crippen molar-refractivity contribution >= 4 is 34.9 Å². The summed E-state index contributed by atoms with van der Waals surface area (Å²) in [5.41, 5.74) is 3.39. The van der Waals surface area contributed by atoms with E-state index in [-0.39, 0.29) is 17.8 Å². The van der Waals surface area contributed by atoms with Crippen LogP contribution in [0.3, 0.4) is 0 Å². The number of aryl methyl sites for hydroxylation is 1. The fourth-order valence-corrected chi connectivity index (χ4v) is 4.28. The molecule has 4 rings (SSSR count). The lowest BCUT2D eigenvalue weighted by molar-refractivity contribution is 0.175. The Bertz CT molecular complexity index is 1070. The van der Waals surface area contributed by atoms with Gasteiger partial charge >= 0.3 is 6.03 Å². The van der Waals surface area contributed by atoms with Crippen LogP contribution in [0, 0.1) is 5.82 Å². The molecule has 3 aromatic carbocycles. The zero-order chi connectivity index (χ0) is 21.1. The van der Waals surface area contributed by atoms with Crippen molar-refractivity contribution in [3.05, 3.63) is 99.3 Å². The number of nitrogens with one attached hydrogen (secondary N) is 1. The number of benzene rings is 3. The number of rotatable bonds is 4. The third kappa shape index (κ3) is 4.45. The number of fused-ring (bicyclic) bond motifs is 1. The van der Waals surface area contributed by atoms with E-state index < -0.39 is 5.82 Å². The molecule has 0 bridgehead atoms. The normalized spacial score (nSPS) is 15.4. The van der Waals surface area contributed by atoms with E-state index in [1.54, 1.807) is 35.2 Å². The van der Waals surface area contributed by atoms with Gasteiger partial charge in [0.15, 0.2) is 0 Å². The average Bonchev–Trinajstić information content (AvgIpc) is 2.76. The Balaban J connectivity index is 1.68. The van der Waals surface area contributed by atoms with E-state index in [0.29, 0.717) is 16.6 Å². The summed E-state index contributed by atoms with van der Waals surface area (Å²) in [6.07, 6.45) is 2.80. The van der Waals surface area contributed by atoms with Crippen LogP contribution >= 0.6 is 23.2 Å². The summed E-state index contributed by atoms with van der Waals surface area (Å²) in [4.78, 5) is 15.1. The summed E-state index contributed by atoms with van der Waals surface area (Å²) in [5.74, 6) is -0.468. The highest BCUT2D eigenvalue weighted by molar-refractivity contribution is 6.42. The van der Waals surface area contributed by atoms with Crippen molar-refractivity contribution in [2.24, 2.45) is 0 Å². The molecule has 0 aromatic heterocycles. The molecule has 3 nitrogen and oxygen atoms in total. The van der Waals surface area contributed by atoms with Crippen LogP contribution < -0.4 is 5.32 Å². The van der Waals surface area contributed by atoms with Gasteiger partial charge < -0.3 is 10.2 Å². The van der Waals surface area contributed by atoms with Gasteiger partial charge in [0.25, 0.3) is 0 Å². The lowest BCUT2D eigenvalue weighted by atomic mass is 9.86. The van der Waals surface area contributed by atoms with Gasteiger partial charge in [-0.2, -0.15) is 0 Å². The standard InChI is InChI=1S/C24H21Cl2FN2O/c25-19-13-12-16(14-20(19)26)15-29(24(30)28-22-10-4-3-9-21(22)27)23-11-5-7-17-6-1-2-8-18(17)23/h1-4,6,8-10,12-14,23H,5,7,11,15H2,(H,28,30). The van der Waals surface area contributed by atoms with Crippen molar-refractivity contribution in [3.63, 3.8) is 0 Å². The Morgan fingerprint density at radius 1 is 1.03 bits per heavy atom. The van der Waals surface area contributed by atoms with Gasteiger partial charge in [0.05, 0.1) is 21.8 Å². The smallest absolute Gasteiger partial charge is 0.313 e. The van der Waals surface area contributed by atoms with Gasteiger partial charge in [0.2, 0.25) is 0 Å². The summed E-state index contributed by atoms with van der Waals surface area (Å²) >= 11 is 12.2. The topological polar surface area (TPSA) is 32.3 Å². The number of anilines is 1. The van der Waals surface area contributed by atoms with Gasteiger partial charge in [-0.1, -0.05) is 65.7 Å². The lowest BCUT2D eigenvalue weighted by Gasteiger charge is -2.36. The van der Waals surface area contributed by atoms with Gasteiger partial charge in [-0.25, -0.2) is 9.18 Å². The number of amides is 2. The predicted octanol–water partition coefficient (Wildman–Crippen LogP) is 7.24. The van der Waals surface area contributed by atoms with Gasteiger partial charge in [-0.15, -0.1) is 0 Å². The largest absolute Gasteiger partial charge is 0.322 e. The predicted molar refractivity (Wildman–Crippen MR) is 120 cm³/mol. The van der Waals surface area contributed by atoms with Crippen LogP contribution in [0.5, 0.6) is 0 Å². The summed E-state index contributed by atoms with van der Waals surface area (Å²) < 4.78 is 14.2. The van der Waals surface area contributed by atoms with Crippen LogP contribution in [-0.2, 0) is 13.0 Å². The highest BCUT2D eigenvalue weighted by Gasteiger charge is 2.30. The van der Waals surface area contributed by atoms with Gasteiger partial charge in [0.1, 0.15) is 5.82 Å². The molecule has 0 radical (unpaired) electrons. The monoisotopic (exact) mass is 442 g/mol. The van der Waals surface area contributed by atoms with Crippen LogP contribution in [0.15, 0.2) is 66.7 Å². The second-order valence-electron chi connectivity index (χ2n) is 7.39. The second-order valence-corrected chi connectivity index (χ2v) is 8.21. The third-order valence-corrected chi connectivity index (χ3v) is 6.17. The average molecular weight is 443 g/mol. The van der Waals surface area contributed by atoms with Crippen LogP contribution in [0.4, 0.5) is 14.9 Å². The van der Waals surface area contributed by atoms with E-state index in [2.05, 4.69) is 17.4 Å². The molecule has 2 amide bonds. The molecule has 1 N–H and O–H groups in total. The quantitative estimate of drug-likeness (QED) is 0.453. The van der Waals surface area contributed by atoms with Gasteiger partial charge in [0, 0.05) is 6.54 Å². The van der Waals surface area contributed by atoms with Crippen LogP contribution in [0.2, 0.25) is 10.0 Å². The van der Waals surface area contributed by atoms with E-state index in [1.165, 1.54) is 11.6 Å². The number of urea groups is 1. The maximum absolute atomic E-state index is 14.2. The molecule has 0 saturated carbocycles. The fraction of sp³-hybridized carbons (Fsp3) is 0.208. The maximum atomic E-state index is 14.2. The molecule has 3 aromatic rings. The molecule has 6 heteroatoms. The zero-order valence-electron chi connectivity index (χ0n) is 16.2. The van der Waals surface area contributed by atoms with E-state index >= 15 is 0 Å². The number of carbonyl (C=O) groups excluding carboxylic acids is 1. The Morgan fingerprint density at radius 2 is 1.80 bits per heavy atom. The number of nitrogens with zero attached hydrogens (tertiary/aromatic N) is 1. The first-order chi connectivity index (χ1) is 14.5. The molecule has 0 saturated heterocycles. The first-order valence-electron chi connectivity index (χ1n) is 9.87. The highest BCUT2D eigenvalue weighted by atomic mass is 35.5. The summed E-state index contributed by atoms with van der Waals surface area (Å²) in [6, 6.07) is 19.2. The Labute approximate surface area is 185 Å².